The molecule has 1 amide bonds. The Hall–Kier alpha value is -4.31. The number of morpholine rings is 1. The highest BCUT2D eigenvalue weighted by Crippen LogP contribution is 2.33. The summed E-state index contributed by atoms with van der Waals surface area (Å²) < 4.78 is 17.3. The molecule has 3 heterocycles. The second-order valence-electron chi connectivity index (χ2n) is 8.32. The summed E-state index contributed by atoms with van der Waals surface area (Å²) >= 11 is 0. The Morgan fingerprint density at radius 2 is 1.94 bits per heavy atom. The van der Waals surface area contributed by atoms with Crippen molar-refractivity contribution in [3.8, 4) is 17.4 Å². The predicted octanol–water partition coefficient (Wildman–Crippen LogP) is 3.89. The van der Waals surface area contributed by atoms with Gasteiger partial charge in [0.15, 0.2) is 6.10 Å². The maximum absolute atomic E-state index is 12.9. The highest BCUT2D eigenvalue weighted by molar-refractivity contribution is 5.96. The number of fused-ring (bicyclic) bond motifs is 1. The smallest absolute Gasteiger partial charge is 0.263 e. The Morgan fingerprint density at radius 1 is 1.08 bits per heavy atom. The van der Waals surface area contributed by atoms with Crippen molar-refractivity contribution in [1.29, 1.82) is 0 Å². The van der Waals surface area contributed by atoms with Crippen LogP contribution in [0.3, 0.4) is 0 Å². The Kier molecular flexibility index (Phi) is 6.85. The number of nitrogens with one attached hydrogen (secondary N) is 1. The largest absolute Gasteiger partial charge is 0.480 e. The van der Waals surface area contributed by atoms with E-state index in [1.165, 1.54) is 6.33 Å². The van der Waals surface area contributed by atoms with Gasteiger partial charge in [-0.1, -0.05) is 6.07 Å². The number of benzene rings is 2. The highest BCUT2D eigenvalue weighted by atomic mass is 16.5. The lowest BCUT2D eigenvalue weighted by Gasteiger charge is -2.29. The van der Waals surface area contributed by atoms with Gasteiger partial charge in [-0.05, 0) is 49.7 Å². The van der Waals surface area contributed by atoms with Gasteiger partial charge in [0.25, 0.3) is 5.91 Å². The molecule has 0 unspecified atom stereocenters. The number of aryl methyl sites for hydroxylation is 1. The molecule has 2 aromatic carbocycles. The van der Waals surface area contributed by atoms with Crippen LogP contribution in [0.25, 0.3) is 10.9 Å². The van der Waals surface area contributed by atoms with Crippen molar-refractivity contribution < 1.29 is 19.0 Å². The molecular formula is C26H26N6O4. The standard InChI is InChI=1S/C26H26N6O4/c1-17-14-19(6-7-21(17)36-23-15-27-8-9-28-23)31-25-24-20(29-16-30-25)4-3-5-22(24)35-18(2)26(33)32-10-12-34-13-11-32/h3-9,14-16,18H,10-13H2,1-2H3,(H,29,30,31)/t18-/m1/s1. The number of rotatable bonds is 7. The molecule has 0 saturated carbocycles. The SMILES string of the molecule is Cc1cc(Nc2ncnc3cccc(O[C@H](C)C(=O)N4CCOCC4)c23)ccc1Oc1cnccn1. The number of nitrogens with zero attached hydrogens (tertiary/aromatic N) is 5. The van der Waals surface area contributed by atoms with Gasteiger partial charge in [0.1, 0.15) is 23.6 Å². The molecule has 5 rings (SSSR count). The Balaban J connectivity index is 1.38. The van der Waals surface area contributed by atoms with Crippen LogP contribution in [0, 0.1) is 6.92 Å². The lowest BCUT2D eigenvalue weighted by atomic mass is 10.1. The second kappa shape index (κ2) is 10.5. The maximum Gasteiger partial charge on any atom is 0.263 e. The van der Waals surface area contributed by atoms with Crippen molar-refractivity contribution >= 4 is 28.3 Å². The summed E-state index contributed by atoms with van der Waals surface area (Å²) in [5, 5.41) is 4.05. The summed E-state index contributed by atoms with van der Waals surface area (Å²) in [4.78, 5) is 31.7. The van der Waals surface area contributed by atoms with E-state index in [1.807, 2.05) is 43.3 Å². The van der Waals surface area contributed by atoms with Crippen LogP contribution in [0.5, 0.6) is 17.4 Å². The van der Waals surface area contributed by atoms with Crippen molar-refractivity contribution in [3.63, 3.8) is 0 Å². The van der Waals surface area contributed by atoms with Crippen molar-refractivity contribution in [2.45, 2.75) is 20.0 Å². The average molecular weight is 487 g/mol. The van der Waals surface area contributed by atoms with E-state index >= 15 is 0 Å². The van der Waals surface area contributed by atoms with Crippen molar-refractivity contribution in [3.05, 3.63) is 66.9 Å². The zero-order chi connectivity index (χ0) is 24.9. The van der Waals surface area contributed by atoms with Gasteiger partial charge in [0.05, 0.1) is 30.3 Å². The molecule has 10 nitrogen and oxygen atoms in total. The van der Waals surface area contributed by atoms with Crippen molar-refractivity contribution in [2.75, 3.05) is 31.6 Å². The summed E-state index contributed by atoms with van der Waals surface area (Å²) in [5.41, 5.74) is 2.42. The summed E-state index contributed by atoms with van der Waals surface area (Å²) in [6.45, 7) is 5.91. The van der Waals surface area contributed by atoms with Gasteiger partial charge in [-0.2, -0.15) is 0 Å². The fraction of sp³-hybridized carbons (Fsp3) is 0.269. The van der Waals surface area contributed by atoms with E-state index < -0.39 is 6.10 Å². The summed E-state index contributed by atoms with van der Waals surface area (Å²) in [6, 6.07) is 11.3. The Labute approximate surface area is 208 Å². The summed E-state index contributed by atoms with van der Waals surface area (Å²) in [7, 11) is 0. The highest BCUT2D eigenvalue weighted by Gasteiger charge is 2.25. The lowest BCUT2D eigenvalue weighted by Crippen LogP contribution is -2.46. The molecule has 1 saturated heterocycles. The van der Waals surface area contributed by atoms with Gasteiger partial charge < -0.3 is 24.4 Å². The first-order valence-corrected chi connectivity index (χ1v) is 11.7. The predicted molar refractivity (Wildman–Crippen MR) is 134 cm³/mol. The van der Waals surface area contributed by atoms with Crippen LogP contribution in [0.4, 0.5) is 11.5 Å². The molecular weight excluding hydrogens is 460 g/mol. The van der Waals surface area contributed by atoms with Crippen LogP contribution in [-0.4, -0.2) is 63.2 Å². The normalized spacial score (nSPS) is 14.3. The molecule has 2 aromatic heterocycles. The average Bonchev–Trinajstić information content (AvgIpc) is 2.91. The molecule has 0 bridgehead atoms. The zero-order valence-corrected chi connectivity index (χ0v) is 20.0. The molecule has 10 heteroatoms. The first-order chi connectivity index (χ1) is 17.6. The van der Waals surface area contributed by atoms with Crippen LogP contribution in [0.1, 0.15) is 12.5 Å². The van der Waals surface area contributed by atoms with E-state index in [2.05, 4.69) is 25.3 Å². The Bertz CT molecular complexity index is 1360. The topological polar surface area (TPSA) is 112 Å². The van der Waals surface area contributed by atoms with Crippen molar-refractivity contribution in [2.24, 2.45) is 0 Å². The lowest BCUT2D eigenvalue weighted by molar-refractivity contribution is -0.142. The third kappa shape index (κ3) is 5.18. The molecule has 1 N–H and O–H groups in total. The molecule has 184 valence electrons. The molecule has 0 spiro atoms. The minimum Gasteiger partial charge on any atom is -0.480 e. The quantitative estimate of drug-likeness (QED) is 0.416. The van der Waals surface area contributed by atoms with E-state index in [0.29, 0.717) is 60.4 Å². The molecule has 1 atom stereocenters. The molecule has 0 aliphatic carbocycles. The molecule has 0 radical (unpaired) electrons. The fourth-order valence-corrected chi connectivity index (χ4v) is 3.98. The second-order valence-corrected chi connectivity index (χ2v) is 8.32. The first-order valence-electron chi connectivity index (χ1n) is 11.7. The van der Waals surface area contributed by atoms with Crippen molar-refractivity contribution in [1.82, 2.24) is 24.8 Å². The van der Waals surface area contributed by atoms with Crippen LogP contribution >= 0.6 is 0 Å². The number of amides is 1. The number of hydrogen-bond donors (Lipinski definition) is 1. The van der Waals surface area contributed by atoms with Gasteiger partial charge in [-0.15, -0.1) is 0 Å². The number of ether oxygens (including phenoxy) is 3. The van der Waals surface area contributed by atoms with E-state index in [9.17, 15) is 4.79 Å². The van der Waals surface area contributed by atoms with E-state index in [4.69, 9.17) is 14.2 Å². The number of anilines is 2. The number of hydrogen-bond acceptors (Lipinski definition) is 9. The van der Waals surface area contributed by atoms with E-state index in [0.717, 1.165) is 11.3 Å². The first kappa shape index (κ1) is 23.4. The number of aromatic nitrogens is 4. The van der Waals surface area contributed by atoms with Crippen LogP contribution < -0.4 is 14.8 Å². The molecule has 1 aliphatic rings. The third-order valence-electron chi connectivity index (χ3n) is 5.79. The third-order valence-corrected chi connectivity index (χ3v) is 5.79. The minimum absolute atomic E-state index is 0.0732. The van der Waals surface area contributed by atoms with Crippen LogP contribution in [0.2, 0.25) is 0 Å². The van der Waals surface area contributed by atoms with Gasteiger partial charge in [0.2, 0.25) is 5.88 Å². The van der Waals surface area contributed by atoms with Gasteiger partial charge in [-0.25, -0.2) is 15.0 Å². The van der Waals surface area contributed by atoms with E-state index in [-0.39, 0.29) is 5.91 Å². The number of carbonyl (C=O) groups excluding carboxylic acids is 1. The number of carbonyl (C=O) groups is 1. The fourth-order valence-electron chi connectivity index (χ4n) is 3.98. The Morgan fingerprint density at radius 3 is 2.72 bits per heavy atom. The minimum atomic E-state index is -0.665. The molecule has 1 aliphatic heterocycles. The molecule has 36 heavy (non-hydrogen) atoms. The van der Waals surface area contributed by atoms with Gasteiger partial charge >= 0.3 is 0 Å². The summed E-state index contributed by atoms with van der Waals surface area (Å²) in [6.07, 6.45) is 5.56. The maximum atomic E-state index is 12.9. The molecule has 4 aromatic rings. The molecule has 1 fully saturated rings. The van der Waals surface area contributed by atoms with Crippen LogP contribution in [0.15, 0.2) is 61.3 Å². The monoisotopic (exact) mass is 486 g/mol. The zero-order valence-electron chi connectivity index (χ0n) is 20.0. The summed E-state index contributed by atoms with van der Waals surface area (Å²) in [5.74, 6) is 2.13. The van der Waals surface area contributed by atoms with E-state index in [1.54, 1.807) is 30.4 Å². The van der Waals surface area contributed by atoms with Gasteiger partial charge in [-0.3, -0.25) is 9.78 Å². The van der Waals surface area contributed by atoms with Crippen LogP contribution in [-0.2, 0) is 9.53 Å². The van der Waals surface area contributed by atoms with Gasteiger partial charge in [0, 0.05) is 31.2 Å².